The van der Waals surface area contributed by atoms with Gasteiger partial charge in [-0.25, -0.2) is 4.79 Å². The van der Waals surface area contributed by atoms with Crippen LogP contribution in [0.2, 0.25) is 0 Å². The summed E-state index contributed by atoms with van der Waals surface area (Å²) in [7, 11) is 0. The monoisotopic (exact) mass is 270 g/mol. The van der Waals surface area contributed by atoms with Crippen LogP contribution in [0, 0.1) is 0 Å². The summed E-state index contributed by atoms with van der Waals surface area (Å²) in [4.78, 5) is 27.0. The lowest BCUT2D eigenvalue weighted by Gasteiger charge is -2.14. The molecular formula is C15H14N2O3. The van der Waals surface area contributed by atoms with Gasteiger partial charge < -0.3 is 10.4 Å². The lowest BCUT2D eigenvalue weighted by Crippen LogP contribution is -2.42. The van der Waals surface area contributed by atoms with Crippen LogP contribution in [0.25, 0.3) is 0 Å². The number of carbonyl (C=O) groups excluding carboxylic acids is 1. The number of benzene rings is 1. The zero-order chi connectivity index (χ0) is 14.4. The molecule has 0 saturated heterocycles. The Balaban J connectivity index is 2.07. The molecule has 1 aromatic carbocycles. The minimum Gasteiger partial charge on any atom is -0.480 e. The SMILES string of the molecule is O=C(N[C@@H](Cc1ccccc1)C(=O)O)c1ccncc1. The molecule has 0 bridgehead atoms. The highest BCUT2D eigenvalue weighted by atomic mass is 16.4. The first kappa shape index (κ1) is 13.7. The highest BCUT2D eigenvalue weighted by Gasteiger charge is 2.20. The number of aliphatic carboxylic acids is 1. The molecule has 2 N–H and O–H groups in total. The fourth-order valence-electron chi connectivity index (χ4n) is 1.79. The van der Waals surface area contributed by atoms with Gasteiger partial charge in [0.1, 0.15) is 6.04 Å². The van der Waals surface area contributed by atoms with Crippen molar-refractivity contribution in [1.29, 1.82) is 0 Å². The Kier molecular flexibility index (Phi) is 4.44. The molecule has 0 spiro atoms. The van der Waals surface area contributed by atoms with Crippen molar-refractivity contribution in [2.45, 2.75) is 12.5 Å². The molecule has 0 fully saturated rings. The number of carbonyl (C=O) groups is 2. The van der Waals surface area contributed by atoms with Crippen molar-refractivity contribution >= 4 is 11.9 Å². The fraction of sp³-hybridized carbons (Fsp3) is 0.133. The second-order valence-corrected chi connectivity index (χ2v) is 4.29. The van der Waals surface area contributed by atoms with E-state index in [-0.39, 0.29) is 6.42 Å². The van der Waals surface area contributed by atoms with E-state index >= 15 is 0 Å². The Hall–Kier alpha value is -2.69. The number of hydrogen-bond donors (Lipinski definition) is 2. The number of pyridine rings is 1. The number of rotatable bonds is 5. The third-order valence-corrected chi connectivity index (χ3v) is 2.83. The average molecular weight is 270 g/mol. The number of nitrogens with one attached hydrogen (secondary N) is 1. The third-order valence-electron chi connectivity index (χ3n) is 2.83. The first-order chi connectivity index (χ1) is 9.66. The molecule has 1 aromatic heterocycles. The fourth-order valence-corrected chi connectivity index (χ4v) is 1.79. The molecule has 1 atom stereocenters. The van der Waals surface area contributed by atoms with Gasteiger partial charge >= 0.3 is 5.97 Å². The van der Waals surface area contributed by atoms with E-state index in [9.17, 15) is 14.7 Å². The summed E-state index contributed by atoms with van der Waals surface area (Å²) in [5, 5.41) is 11.7. The highest BCUT2D eigenvalue weighted by Crippen LogP contribution is 2.05. The zero-order valence-corrected chi connectivity index (χ0v) is 10.7. The van der Waals surface area contributed by atoms with E-state index < -0.39 is 17.9 Å². The topological polar surface area (TPSA) is 79.3 Å². The molecule has 2 rings (SSSR count). The number of nitrogens with zero attached hydrogens (tertiary/aromatic N) is 1. The Morgan fingerprint density at radius 3 is 2.35 bits per heavy atom. The minimum atomic E-state index is -1.06. The quantitative estimate of drug-likeness (QED) is 0.863. The Bertz CT molecular complexity index is 585. The molecule has 0 radical (unpaired) electrons. The van der Waals surface area contributed by atoms with E-state index in [0.717, 1.165) is 5.56 Å². The summed E-state index contributed by atoms with van der Waals surface area (Å²) in [5.74, 6) is -1.48. The standard InChI is InChI=1S/C15H14N2O3/c18-14(12-6-8-16-9-7-12)17-13(15(19)20)10-11-4-2-1-3-5-11/h1-9,13H,10H2,(H,17,18)(H,19,20)/t13-/m0/s1. The van der Waals surface area contributed by atoms with Gasteiger partial charge in [0, 0.05) is 24.4 Å². The van der Waals surface area contributed by atoms with Crippen LogP contribution in [0.5, 0.6) is 0 Å². The Labute approximate surface area is 116 Å². The van der Waals surface area contributed by atoms with Gasteiger partial charge in [-0.15, -0.1) is 0 Å². The average Bonchev–Trinajstić information content (AvgIpc) is 2.48. The lowest BCUT2D eigenvalue weighted by atomic mass is 10.1. The third kappa shape index (κ3) is 3.65. The van der Waals surface area contributed by atoms with Gasteiger partial charge in [-0.05, 0) is 17.7 Å². The van der Waals surface area contributed by atoms with Crippen LogP contribution in [-0.4, -0.2) is 28.0 Å². The van der Waals surface area contributed by atoms with Gasteiger partial charge in [-0.3, -0.25) is 9.78 Å². The predicted octanol–water partition coefficient (Wildman–Crippen LogP) is 1.51. The van der Waals surface area contributed by atoms with Gasteiger partial charge in [0.2, 0.25) is 0 Å². The van der Waals surface area contributed by atoms with Crippen LogP contribution in [0.15, 0.2) is 54.9 Å². The summed E-state index contributed by atoms with van der Waals surface area (Å²) in [6.07, 6.45) is 3.22. The highest BCUT2D eigenvalue weighted by molar-refractivity contribution is 5.96. The largest absolute Gasteiger partial charge is 0.480 e. The van der Waals surface area contributed by atoms with E-state index in [1.165, 1.54) is 24.5 Å². The minimum absolute atomic E-state index is 0.243. The molecule has 0 aliphatic carbocycles. The van der Waals surface area contributed by atoms with Crippen LogP contribution >= 0.6 is 0 Å². The van der Waals surface area contributed by atoms with Crippen molar-refractivity contribution in [3.63, 3.8) is 0 Å². The van der Waals surface area contributed by atoms with Crippen molar-refractivity contribution in [3.05, 3.63) is 66.0 Å². The van der Waals surface area contributed by atoms with Crippen molar-refractivity contribution < 1.29 is 14.7 Å². The summed E-state index contributed by atoms with van der Waals surface area (Å²) in [5.41, 5.74) is 1.24. The lowest BCUT2D eigenvalue weighted by molar-refractivity contribution is -0.139. The van der Waals surface area contributed by atoms with E-state index in [4.69, 9.17) is 0 Å². The van der Waals surface area contributed by atoms with Gasteiger partial charge in [-0.2, -0.15) is 0 Å². The maximum absolute atomic E-state index is 11.9. The summed E-state index contributed by atoms with van der Waals surface area (Å²) < 4.78 is 0. The Morgan fingerprint density at radius 1 is 1.10 bits per heavy atom. The molecule has 1 heterocycles. The molecule has 0 unspecified atom stereocenters. The van der Waals surface area contributed by atoms with Crippen LogP contribution in [-0.2, 0) is 11.2 Å². The van der Waals surface area contributed by atoms with Gasteiger partial charge in [0.25, 0.3) is 5.91 Å². The molecule has 5 nitrogen and oxygen atoms in total. The van der Waals surface area contributed by atoms with Crippen molar-refractivity contribution in [2.75, 3.05) is 0 Å². The normalized spacial score (nSPS) is 11.6. The molecule has 20 heavy (non-hydrogen) atoms. The van der Waals surface area contributed by atoms with Crippen LogP contribution in [0.1, 0.15) is 15.9 Å². The second-order valence-electron chi connectivity index (χ2n) is 4.29. The predicted molar refractivity (Wildman–Crippen MR) is 73.3 cm³/mol. The summed E-state index contributed by atoms with van der Waals surface area (Å²) >= 11 is 0. The Morgan fingerprint density at radius 2 is 1.75 bits per heavy atom. The van der Waals surface area contributed by atoms with Crippen molar-refractivity contribution in [3.8, 4) is 0 Å². The molecule has 102 valence electrons. The first-order valence-electron chi connectivity index (χ1n) is 6.14. The maximum atomic E-state index is 11.9. The molecule has 0 aliphatic heterocycles. The van der Waals surface area contributed by atoms with E-state index in [1.54, 1.807) is 0 Å². The number of hydrogen-bond acceptors (Lipinski definition) is 3. The van der Waals surface area contributed by atoms with Crippen LogP contribution < -0.4 is 5.32 Å². The molecular weight excluding hydrogens is 256 g/mol. The zero-order valence-electron chi connectivity index (χ0n) is 10.7. The van der Waals surface area contributed by atoms with Crippen LogP contribution in [0.3, 0.4) is 0 Å². The van der Waals surface area contributed by atoms with Gasteiger partial charge in [0.05, 0.1) is 0 Å². The molecule has 0 aliphatic rings. The van der Waals surface area contributed by atoms with E-state index in [0.29, 0.717) is 5.56 Å². The molecule has 2 aromatic rings. The number of aromatic nitrogens is 1. The number of amides is 1. The summed E-state index contributed by atoms with van der Waals surface area (Å²) in [6.45, 7) is 0. The second kappa shape index (κ2) is 6.47. The number of carboxylic acids is 1. The van der Waals surface area contributed by atoms with Crippen molar-refractivity contribution in [1.82, 2.24) is 10.3 Å². The van der Waals surface area contributed by atoms with Gasteiger partial charge in [-0.1, -0.05) is 30.3 Å². The summed E-state index contributed by atoms with van der Waals surface area (Å²) in [6, 6.07) is 11.3. The molecule has 1 amide bonds. The number of carboxylic acid groups (broad SMARTS) is 1. The van der Waals surface area contributed by atoms with Crippen LogP contribution in [0.4, 0.5) is 0 Å². The van der Waals surface area contributed by atoms with E-state index in [1.807, 2.05) is 30.3 Å². The van der Waals surface area contributed by atoms with E-state index in [2.05, 4.69) is 10.3 Å². The molecule has 0 saturated carbocycles. The van der Waals surface area contributed by atoms with Gasteiger partial charge in [0.15, 0.2) is 0 Å². The smallest absolute Gasteiger partial charge is 0.326 e. The molecule has 5 heteroatoms. The maximum Gasteiger partial charge on any atom is 0.326 e. The van der Waals surface area contributed by atoms with Crippen molar-refractivity contribution in [2.24, 2.45) is 0 Å². The first-order valence-corrected chi connectivity index (χ1v) is 6.14.